The van der Waals surface area contributed by atoms with Crippen LogP contribution < -0.4 is 10.6 Å². The monoisotopic (exact) mass is 342 g/mol. The van der Waals surface area contributed by atoms with Crippen LogP contribution >= 0.6 is 0 Å². The van der Waals surface area contributed by atoms with Crippen LogP contribution in [0.2, 0.25) is 0 Å². The first kappa shape index (κ1) is 19.0. The van der Waals surface area contributed by atoms with E-state index >= 15 is 0 Å². The molecule has 25 heavy (non-hydrogen) atoms. The first-order valence-corrected chi connectivity index (χ1v) is 9.18. The van der Waals surface area contributed by atoms with Crippen molar-refractivity contribution in [1.29, 1.82) is 0 Å². The van der Waals surface area contributed by atoms with E-state index in [4.69, 9.17) is 0 Å². The molecule has 6 nitrogen and oxygen atoms in total. The summed E-state index contributed by atoms with van der Waals surface area (Å²) in [4.78, 5) is 4.27. The third-order valence-corrected chi connectivity index (χ3v) is 4.16. The van der Waals surface area contributed by atoms with Crippen molar-refractivity contribution in [2.24, 2.45) is 4.99 Å². The topological polar surface area (TPSA) is 67.1 Å². The lowest BCUT2D eigenvalue weighted by Crippen LogP contribution is -2.39. The van der Waals surface area contributed by atoms with Gasteiger partial charge >= 0.3 is 0 Å². The molecular formula is C19H30N6. The molecule has 2 rings (SSSR count). The van der Waals surface area contributed by atoms with Crippen LogP contribution in [-0.4, -0.2) is 40.9 Å². The minimum atomic E-state index is 0.804. The summed E-state index contributed by atoms with van der Waals surface area (Å²) in [6, 6.07) is 10.7. The number of benzene rings is 1. The van der Waals surface area contributed by atoms with Crippen LogP contribution in [0, 0.1) is 0 Å². The van der Waals surface area contributed by atoms with Gasteiger partial charge in [-0.25, -0.2) is 0 Å². The second-order valence-electron chi connectivity index (χ2n) is 6.02. The number of hydrogen-bond acceptors (Lipinski definition) is 3. The van der Waals surface area contributed by atoms with Crippen molar-refractivity contribution in [3.63, 3.8) is 0 Å². The summed E-state index contributed by atoms with van der Waals surface area (Å²) in [5.74, 6) is 1.87. The molecule has 2 N–H and O–H groups in total. The fourth-order valence-corrected chi connectivity index (χ4v) is 2.74. The largest absolute Gasteiger partial charge is 0.356 e. The molecule has 2 aromatic rings. The maximum absolute atomic E-state index is 4.27. The molecule has 0 saturated carbocycles. The molecule has 0 saturated heterocycles. The summed E-state index contributed by atoms with van der Waals surface area (Å²) in [6.45, 7) is 4.68. The van der Waals surface area contributed by atoms with Crippen molar-refractivity contribution in [3.05, 3.63) is 48.0 Å². The van der Waals surface area contributed by atoms with Crippen LogP contribution in [0.5, 0.6) is 0 Å². The number of nitrogens with zero attached hydrogens (tertiary/aromatic N) is 4. The maximum Gasteiger partial charge on any atom is 0.191 e. The van der Waals surface area contributed by atoms with Crippen molar-refractivity contribution in [3.8, 4) is 0 Å². The molecule has 0 aliphatic carbocycles. The molecule has 0 amide bonds. The van der Waals surface area contributed by atoms with Crippen LogP contribution in [0.15, 0.2) is 41.7 Å². The fourth-order valence-electron chi connectivity index (χ4n) is 2.74. The van der Waals surface area contributed by atoms with Gasteiger partial charge in [-0.15, -0.1) is 10.2 Å². The van der Waals surface area contributed by atoms with Crippen LogP contribution in [0.25, 0.3) is 0 Å². The first-order valence-electron chi connectivity index (χ1n) is 9.18. The summed E-state index contributed by atoms with van der Waals surface area (Å²) < 4.78 is 2.07. The van der Waals surface area contributed by atoms with E-state index in [-0.39, 0.29) is 0 Å². The molecule has 0 aliphatic heterocycles. The first-order chi connectivity index (χ1) is 12.3. The Bertz CT molecular complexity index is 620. The Balaban J connectivity index is 1.54. The Kier molecular flexibility index (Phi) is 8.52. The molecule has 6 heteroatoms. The smallest absolute Gasteiger partial charge is 0.191 e. The predicted octanol–water partition coefficient (Wildman–Crippen LogP) is 2.42. The third-order valence-electron chi connectivity index (χ3n) is 4.16. The molecule has 0 fully saturated rings. The zero-order valence-corrected chi connectivity index (χ0v) is 15.4. The average Bonchev–Trinajstić information content (AvgIpc) is 3.11. The summed E-state index contributed by atoms with van der Waals surface area (Å²) in [6.07, 6.45) is 7.44. The van der Waals surface area contributed by atoms with Gasteiger partial charge < -0.3 is 15.2 Å². The normalized spacial score (nSPS) is 11.5. The van der Waals surface area contributed by atoms with E-state index in [0.717, 1.165) is 50.7 Å². The van der Waals surface area contributed by atoms with Crippen molar-refractivity contribution in [2.45, 2.75) is 45.6 Å². The summed E-state index contributed by atoms with van der Waals surface area (Å²) in [5.41, 5.74) is 1.42. The van der Waals surface area contributed by atoms with Gasteiger partial charge in [-0.05, 0) is 24.8 Å². The molecule has 0 bridgehead atoms. The number of aryl methyl sites for hydroxylation is 2. The summed E-state index contributed by atoms with van der Waals surface area (Å²) in [5, 5.41) is 14.8. The fraction of sp³-hybridized carbons (Fsp3) is 0.526. The van der Waals surface area contributed by atoms with E-state index in [1.54, 1.807) is 13.4 Å². The van der Waals surface area contributed by atoms with E-state index in [2.05, 4.69) is 67.6 Å². The number of aromatic nitrogens is 3. The number of hydrogen-bond donors (Lipinski definition) is 2. The number of guanidine groups is 1. The molecular weight excluding hydrogens is 312 g/mol. The number of aliphatic imine (C=N–C) groups is 1. The van der Waals surface area contributed by atoms with Crippen molar-refractivity contribution in [1.82, 2.24) is 25.4 Å². The molecule has 1 aromatic carbocycles. The molecule has 0 atom stereocenters. The standard InChI is InChI=1S/C19H30N6/c1-3-18-24-23-16-25(18)15-14-22-19(20-2)21-13-9-5-8-12-17-10-6-4-7-11-17/h4,6-7,10-11,16H,3,5,8-9,12-15H2,1-2H3,(H2,20,21,22). The summed E-state index contributed by atoms with van der Waals surface area (Å²) in [7, 11) is 1.81. The van der Waals surface area contributed by atoms with E-state index in [1.807, 2.05) is 0 Å². The van der Waals surface area contributed by atoms with Crippen LogP contribution in [-0.2, 0) is 19.4 Å². The highest BCUT2D eigenvalue weighted by atomic mass is 15.3. The van der Waals surface area contributed by atoms with Crippen molar-refractivity contribution in [2.75, 3.05) is 20.1 Å². The molecule has 0 unspecified atom stereocenters. The Morgan fingerprint density at radius 2 is 1.88 bits per heavy atom. The van der Waals surface area contributed by atoms with Gasteiger partial charge in [0.15, 0.2) is 5.96 Å². The second kappa shape index (κ2) is 11.2. The van der Waals surface area contributed by atoms with E-state index in [9.17, 15) is 0 Å². The highest BCUT2D eigenvalue weighted by Gasteiger charge is 2.02. The van der Waals surface area contributed by atoms with Gasteiger partial charge in [0, 0.05) is 33.1 Å². The Morgan fingerprint density at radius 1 is 1.08 bits per heavy atom. The van der Waals surface area contributed by atoms with Gasteiger partial charge in [-0.3, -0.25) is 4.99 Å². The zero-order valence-electron chi connectivity index (χ0n) is 15.4. The van der Waals surface area contributed by atoms with Gasteiger partial charge in [0.25, 0.3) is 0 Å². The molecule has 1 aromatic heterocycles. The molecule has 136 valence electrons. The highest BCUT2D eigenvalue weighted by Crippen LogP contribution is 2.05. The third kappa shape index (κ3) is 6.95. The van der Waals surface area contributed by atoms with Crippen LogP contribution in [0.1, 0.15) is 37.6 Å². The van der Waals surface area contributed by atoms with Gasteiger partial charge in [0.2, 0.25) is 0 Å². The molecule has 1 heterocycles. The molecule has 0 spiro atoms. The average molecular weight is 342 g/mol. The Morgan fingerprint density at radius 3 is 2.64 bits per heavy atom. The van der Waals surface area contributed by atoms with Crippen molar-refractivity contribution >= 4 is 5.96 Å². The SMILES string of the molecule is CCc1nncn1CCNC(=NC)NCCCCCc1ccccc1. The van der Waals surface area contributed by atoms with E-state index in [0.29, 0.717) is 0 Å². The number of rotatable bonds is 10. The number of nitrogens with one attached hydrogen (secondary N) is 2. The van der Waals surface area contributed by atoms with Crippen LogP contribution in [0.3, 0.4) is 0 Å². The lowest BCUT2D eigenvalue weighted by molar-refractivity contribution is 0.623. The second-order valence-corrected chi connectivity index (χ2v) is 6.02. The lowest BCUT2D eigenvalue weighted by atomic mass is 10.1. The van der Waals surface area contributed by atoms with Gasteiger partial charge in [0.05, 0.1) is 0 Å². The minimum Gasteiger partial charge on any atom is -0.356 e. The lowest BCUT2D eigenvalue weighted by Gasteiger charge is -2.12. The number of unbranched alkanes of at least 4 members (excludes halogenated alkanes) is 2. The van der Waals surface area contributed by atoms with E-state index in [1.165, 1.54) is 18.4 Å². The zero-order chi connectivity index (χ0) is 17.7. The highest BCUT2D eigenvalue weighted by molar-refractivity contribution is 5.79. The summed E-state index contributed by atoms with van der Waals surface area (Å²) >= 11 is 0. The quantitative estimate of drug-likeness (QED) is 0.395. The Labute approximate surface area is 150 Å². The molecule has 0 aliphatic rings. The van der Waals surface area contributed by atoms with Gasteiger partial charge in [-0.1, -0.05) is 43.7 Å². The van der Waals surface area contributed by atoms with Crippen LogP contribution in [0.4, 0.5) is 0 Å². The van der Waals surface area contributed by atoms with Crippen molar-refractivity contribution < 1.29 is 0 Å². The minimum absolute atomic E-state index is 0.804. The molecule has 0 radical (unpaired) electrons. The van der Waals surface area contributed by atoms with E-state index < -0.39 is 0 Å². The predicted molar refractivity (Wildman–Crippen MR) is 103 cm³/mol. The maximum atomic E-state index is 4.27. The Hall–Kier alpha value is -2.37. The van der Waals surface area contributed by atoms with Gasteiger partial charge in [-0.2, -0.15) is 0 Å². The van der Waals surface area contributed by atoms with Gasteiger partial charge in [0.1, 0.15) is 12.2 Å².